The van der Waals surface area contributed by atoms with E-state index in [1.807, 2.05) is 30.3 Å². The number of hydrazone groups is 1. The maximum atomic E-state index is 11.1. The van der Waals surface area contributed by atoms with Crippen molar-refractivity contribution in [3.05, 3.63) is 71.4 Å². The van der Waals surface area contributed by atoms with Crippen LogP contribution in [0.1, 0.15) is 16.8 Å². The van der Waals surface area contributed by atoms with Crippen LogP contribution in [-0.4, -0.2) is 24.0 Å². The summed E-state index contributed by atoms with van der Waals surface area (Å²) in [4.78, 5) is 11.1. The summed E-state index contributed by atoms with van der Waals surface area (Å²) in [6, 6.07) is 18.5. The summed E-state index contributed by atoms with van der Waals surface area (Å²) >= 11 is 0. The molecule has 0 aliphatic carbocycles. The molecule has 0 saturated carbocycles. The molecule has 0 unspecified atom stereocenters. The third-order valence-electron chi connectivity index (χ3n) is 4.00. The molecule has 5 nitrogen and oxygen atoms in total. The van der Waals surface area contributed by atoms with Gasteiger partial charge in [-0.25, -0.2) is 10.2 Å². The van der Waals surface area contributed by atoms with Crippen LogP contribution in [0.5, 0.6) is 0 Å². The van der Waals surface area contributed by atoms with Crippen molar-refractivity contribution in [2.45, 2.75) is 13.5 Å². The number of fused-ring (bicyclic) bond motifs is 1. The summed E-state index contributed by atoms with van der Waals surface area (Å²) in [7, 11) is 1.31. The van der Waals surface area contributed by atoms with Crippen molar-refractivity contribution in [3.63, 3.8) is 0 Å². The number of ether oxygens (including phenoxy) is 1. The molecule has 5 heteroatoms. The van der Waals surface area contributed by atoms with Crippen molar-refractivity contribution < 1.29 is 9.53 Å². The number of methoxy groups -OCH3 is 1. The van der Waals surface area contributed by atoms with Crippen molar-refractivity contribution in [1.29, 1.82) is 0 Å². The number of aromatic nitrogens is 1. The van der Waals surface area contributed by atoms with Crippen LogP contribution in [0.3, 0.4) is 0 Å². The third kappa shape index (κ3) is 3.15. The number of nitrogens with zero attached hydrogens (tertiary/aromatic N) is 2. The van der Waals surface area contributed by atoms with Gasteiger partial charge in [0.15, 0.2) is 0 Å². The molecule has 3 rings (SSSR count). The topological polar surface area (TPSA) is 55.6 Å². The van der Waals surface area contributed by atoms with Crippen LogP contribution in [0.25, 0.3) is 10.9 Å². The Morgan fingerprint density at radius 1 is 1.17 bits per heavy atom. The van der Waals surface area contributed by atoms with E-state index in [-0.39, 0.29) is 0 Å². The van der Waals surface area contributed by atoms with Gasteiger partial charge in [0.05, 0.1) is 13.3 Å². The first kappa shape index (κ1) is 15.8. The molecule has 24 heavy (non-hydrogen) atoms. The summed E-state index contributed by atoms with van der Waals surface area (Å²) in [6.07, 6.45) is 1.08. The molecular weight excluding hydrogens is 302 g/mol. The minimum absolute atomic E-state index is 0.586. The van der Waals surface area contributed by atoms with Crippen LogP contribution in [-0.2, 0) is 11.3 Å². The molecule has 1 amide bonds. The van der Waals surface area contributed by atoms with Gasteiger partial charge in [0, 0.05) is 28.7 Å². The fourth-order valence-electron chi connectivity index (χ4n) is 2.79. The van der Waals surface area contributed by atoms with Gasteiger partial charge in [0.2, 0.25) is 0 Å². The zero-order valence-corrected chi connectivity index (χ0v) is 13.7. The Balaban J connectivity index is 2.01. The van der Waals surface area contributed by atoms with Gasteiger partial charge in [-0.1, -0.05) is 48.5 Å². The molecule has 0 spiro atoms. The maximum Gasteiger partial charge on any atom is 0.427 e. The van der Waals surface area contributed by atoms with Gasteiger partial charge in [-0.2, -0.15) is 5.10 Å². The summed E-state index contributed by atoms with van der Waals surface area (Å²) in [6.45, 7) is 2.84. The highest BCUT2D eigenvalue weighted by Crippen LogP contribution is 2.25. The van der Waals surface area contributed by atoms with Crippen LogP contribution in [0.15, 0.2) is 59.7 Å². The summed E-state index contributed by atoms with van der Waals surface area (Å²) in [5, 5.41) is 5.08. The summed E-state index contributed by atoms with van der Waals surface area (Å²) in [5.74, 6) is 0. The van der Waals surface area contributed by atoms with Gasteiger partial charge in [-0.15, -0.1) is 0 Å². The van der Waals surface area contributed by atoms with Gasteiger partial charge < -0.3 is 9.30 Å². The van der Waals surface area contributed by atoms with Gasteiger partial charge in [-0.05, 0) is 18.6 Å². The van der Waals surface area contributed by atoms with Crippen LogP contribution in [0.4, 0.5) is 4.79 Å². The summed E-state index contributed by atoms with van der Waals surface area (Å²) in [5.41, 5.74) is 6.78. The molecule has 0 aliphatic heterocycles. The first-order valence-electron chi connectivity index (χ1n) is 7.69. The lowest BCUT2D eigenvalue weighted by Crippen LogP contribution is -2.16. The van der Waals surface area contributed by atoms with Crippen molar-refractivity contribution in [3.8, 4) is 0 Å². The Morgan fingerprint density at radius 3 is 2.62 bits per heavy atom. The SMILES string of the molecule is COC(=O)NN=Cc1c(C)n(Cc2ccccc2)c2ccccc12. The maximum absolute atomic E-state index is 11.1. The third-order valence-corrected chi connectivity index (χ3v) is 4.00. The number of para-hydroxylation sites is 1. The monoisotopic (exact) mass is 321 g/mol. The molecule has 0 bridgehead atoms. The molecule has 1 N–H and O–H groups in total. The van der Waals surface area contributed by atoms with Crippen molar-refractivity contribution >= 4 is 23.2 Å². The van der Waals surface area contributed by atoms with E-state index in [2.05, 4.69) is 51.0 Å². The number of rotatable bonds is 4. The van der Waals surface area contributed by atoms with Crippen molar-refractivity contribution in [1.82, 2.24) is 9.99 Å². The lowest BCUT2D eigenvalue weighted by molar-refractivity contribution is 0.171. The first-order chi connectivity index (χ1) is 11.7. The van der Waals surface area contributed by atoms with Crippen LogP contribution < -0.4 is 5.43 Å². The molecule has 1 heterocycles. The van der Waals surface area contributed by atoms with Crippen molar-refractivity contribution in [2.24, 2.45) is 5.10 Å². The van der Waals surface area contributed by atoms with Crippen LogP contribution in [0, 0.1) is 6.92 Å². The average Bonchev–Trinajstić information content (AvgIpc) is 2.88. The second kappa shape index (κ2) is 7.00. The Hall–Kier alpha value is -3.08. The number of amides is 1. The minimum atomic E-state index is -0.586. The largest absolute Gasteiger partial charge is 0.452 e. The lowest BCUT2D eigenvalue weighted by Gasteiger charge is -2.08. The second-order valence-corrected chi connectivity index (χ2v) is 5.45. The molecule has 0 fully saturated rings. The highest BCUT2D eigenvalue weighted by molar-refractivity contribution is 6.01. The predicted octanol–water partition coefficient (Wildman–Crippen LogP) is 3.69. The predicted molar refractivity (Wildman–Crippen MR) is 95.4 cm³/mol. The molecule has 0 aliphatic rings. The van der Waals surface area contributed by atoms with E-state index in [9.17, 15) is 4.79 Å². The Bertz CT molecular complexity index is 882. The average molecular weight is 321 g/mol. The molecule has 1 aromatic heterocycles. The van der Waals surface area contributed by atoms with E-state index in [0.29, 0.717) is 0 Å². The summed E-state index contributed by atoms with van der Waals surface area (Å²) < 4.78 is 6.78. The molecular formula is C19H19N3O2. The molecule has 0 atom stereocenters. The van der Waals surface area contributed by atoms with E-state index in [1.54, 1.807) is 6.21 Å². The number of hydrogen-bond donors (Lipinski definition) is 1. The zero-order chi connectivity index (χ0) is 16.9. The fraction of sp³-hybridized carbons (Fsp3) is 0.158. The first-order valence-corrected chi connectivity index (χ1v) is 7.69. The van der Waals surface area contributed by atoms with Crippen LogP contribution in [0.2, 0.25) is 0 Å². The zero-order valence-electron chi connectivity index (χ0n) is 13.7. The second-order valence-electron chi connectivity index (χ2n) is 5.45. The van der Waals surface area contributed by atoms with E-state index < -0.39 is 6.09 Å². The van der Waals surface area contributed by atoms with E-state index >= 15 is 0 Å². The number of benzene rings is 2. The smallest absolute Gasteiger partial charge is 0.427 e. The number of nitrogens with one attached hydrogen (secondary N) is 1. The molecule has 0 saturated heterocycles. The Morgan fingerprint density at radius 2 is 1.88 bits per heavy atom. The lowest BCUT2D eigenvalue weighted by atomic mass is 10.1. The van der Waals surface area contributed by atoms with Gasteiger partial charge in [0.1, 0.15) is 0 Å². The number of carbonyl (C=O) groups is 1. The van der Waals surface area contributed by atoms with Crippen molar-refractivity contribution in [2.75, 3.05) is 7.11 Å². The van der Waals surface area contributed by atoms with Gasteiger partial charge in [0.25, 0.3) is 0 Å². The molecule has 2 aromatic carbocycles. The van der Waals surface area contributed by atoms with Gasteiger partial charge >= 0.3 is 6.09 Å². The van der Waals surface area contributed by atoms with E-state index in [1.165, 1.54) is 12.7 Å². The van der Waals surface area contributed by atoms with Crippen LogP contribution >= 0.6 is 0 Å². The highest BCUT2D eigenvalue weighted by Gasteiger charge is 2.12. The normalized spacial score (nSPS) is 11.1. The minimum Gasteiger partial charge on any atom is -0.452 e. The molecule has 0 radical (unpaired) electrons. The standard InChI is InChI=1S/C19H19N3O2/c1-14-17(12-20-21-19(23)24-2)16-10-6-7-11-18(16)22(14)13-15-8-4-3-5-9-15/h3-12H,13H2,1-2H3,(H,21,23). The number of carbonyl (C=O) groups excluding carboxylic acids is 1. The Labute approximate surface area is 140 Å². The van der Waals surface area contributed by atoms with E-state index in [4.69, 9.17) is 0 Å². The quantitative estimate of drug-likeness (QED) is 0.588. The highest BCUT2D eigenvalue weighted by atomic mass is 16.5. The molecule has 122 valence electrons. The fourth-order valence-corrected chi connectivity index (χ4v) is 2.79. The van der Waals surface area contributed by atoms with E-state index in [0.717, 1.165) is 28.7 Å². The Kier molecular flexibility index (Phi) is 4.61. The number of hydrogen-bond acceptors (Lipinski definition) is 3. The van der Waals surface area contributed by atoms with Gasteiger partial charge in [-0.3, -0.25) is 0 Å². The molecule has 3 aromatic rings.